The molecule has 0 saturated carbocycles. The van der Waals surface area contributed by atoms with Crippen molar-refractivity contribution >= 4 is 5.97 Å². The molecule has 3 heteroatoms. The fraction of sp³-hybridized carbons (Fsp3) is 0.967. The summed E-state index contributed by atoms with van der Waals surface area (Å²) in [5, 5.41) is 8.89. The highest BCUT2D eigenvalue weighted by Gasteiger charge is 2.13. The van der Waals surface area contributed by atoms with Gasteiger partial charge in [0.15, 0.2) is 0 Å². The molecular weight excluding hydrogens is 406 g/mol. The van der Waals surface area contributed by atoms with Gasteiger partial charge >= 0.3 is 0 Å². The van der Waals surface area contributed by atoms with Gasteiger partial charge in [0.2, 0.25) is 0 Å². The first-order valence-corrected chi connectivity index (χ1v) is 14.8. The maximum absolute atomic E-state index is 8.89. The van der Waals surface area contributed by atoms with E-state index in [0.717, 1.165) is 6.92 Å². The first-order valence-electron chi connectivity index (χ1n) is 14.8. The van der Waals surface area contributed by atoms with Gasteiger partial charge in [0.05, 0.1) is 27.2 Å². The van der Waals surface area contributed by atoms with Crippen LogP contribution >= 0.6 is 0 Å². The van der Waals surface area contributed by atoms with E-state index in [2.05, 4.69) is 27.9 Å². The van der Waals surface area contributed by atoms with Gasteiger partial charge in [-0.3, -0.25) is 0 Å². The Hall–Kier alpha value is -0.570. The van der Waals surface area contributed by atoms with Gasteiger partial charge in [-0.1, -0.05) is 129 Å². The summed E-state index contributed by atoms with van der Waals surface area (Å²) in [5.74, 6) is -1.08. The minimum absolute atomic E-state index is 0.972. The van der Waals surface area contributed by atoms with E-state index >= 15 is 0 Å². The van der Waals surface area contributed by atoms with Crippen LogP contribution in [0.3, 0.4) is 0 Å². The summed E-state index contributed by atoms with van der Waals surface area (Å²) in [4.78, 5) is 8.89. The number of hydrogen-bond acceptors (Lipinski definition) is 2. The molecule has 0 aromatic carbocycles. The average Bonchev–Trinajstić information content (AvgIpc) is 2.75. The molecule has 33 heavy (non-hydrogen) atoms. The second kappa shape index (κ2) is 27.7. The van der Waals surface area contributed by atoms with Gasteiger partial charge in [-0.25, -0.2) is 0 Å². The lowest BCUT2D eigenvalue weighted by atomic mass is 10.0. The number of unbranched alkanes of at least 4 members (excludes halogenated alkanes) is 20. The summed E-state index contributed by atoms with van der Waals surface area (Å²) >= 11 is 0. The van der Waals surface area contributed by atoms with Gasteiger partial charge in [0, 0.05) is 5.97 Å². The predicted molar refractivity (Wildman–Crippen MR) is 145 cm³/mol. The Bertz CT molecular complexity index is 377. The molecule has 0 aliphatic heterocycles. The van der Waals surface area contributed by atoms with Crippen molar-refractivity contribution in [2.45, 2.75) is 162 Å². The van der Waals surface area contributed by atoms with E-state index in [1.165, 1.54) is 159 Å². The summed E-state index contributed by atoms with van der Waals surface area (Å²) in [6, 6.07) is 0. The molecule has 0 rings (SSSR count). The number of hydrogen-bond donors (Lipinski definition) is 0. The molecule has 0 aromatic rings. The normalized spacial score (nSPS) is 11.3. The van der Waals surface area contributed by atoms with Crippen molar-refractivity contribution < 1.29 is 14.4 Å². The second-order valence-corrected chi connectivity index (χ2v) is 10.9. The standard InChI is InChI=1S/C28H60N.C2H4O2/c1-5-7-9-11-13-14-15-16-17-18-19-20-21-22-24-26-28-29(3,4)27-25-23-12-10-8-6-2;1-2(3)4/h5-28H2,1-4H3;1H3,(H,3,4)/q+1;/p-1. The van der Waals surface area contributed by atoms with Crippen molar-refractivity contribution in [1.29, 1.82) is 0 Å². The van der Waals surface area contributed by atoms with Gasteiger partial charge < -0.3 is 14.4 Å². The topological polar surface area (TPSA) is 40.1 Å². The largest absolute Gasteiger partial charge is 0.550 e. The van der Waals surface area contributed by atoms with Crippen LogP contribution in [-0.4, -0.2) is 37.6 Å². The molecule has 0 fully saturated rings. The maximum atomic E-state index is 8.89. The zero-order valence-electron chi connectivity index (χ0n) is 23.7. The fourth-order valence-corrected chi connectivity index (χ4v) is 4.52. The lowest BCUT2D eigenvalue weighted by Crippen LogP contribution is -2.41. The summed E-state index contributed by atoms with van der Waals surface area (Å²) in [6.45, 7) is 8.34. The molecule has 3 nitrogen and oxygen atoms in total. The van der Waals surface area contributed by atoms with Crippen LogP contribution in [0.4, 0.5) is 0 Å². The molecule has 0 amide bonds. The number of carbonyl (C=O) groups is 1. The van der Waals surface area contributed by atoms with Crippen LogP contribution in [0.2, 0.25) is 0 Å². The summed E-state index contributed by atoms with van der Waals surface area (Å²) < 4.78 is 1.24. The lowest BCUT2D eigenvalue weighted by Gasteiger charge is -2.30. The van der Waals surface area contributed by atoms with E-state index in [4.69, 9.17) is 9.90 Å². The van der Waals surface area contributed by atoms with Gasteiger partial charge in [0.25, 0.3) is 0 Å². The number of nitrogens with zero attached hydrogens (tertiary/aromatic N) is 1. The molecule has 0 aliphatic carbocycles. The van der Waals surface area contributed by atoms with E-state index in [0.29, 0.717) is 0 Å². The summed E-state index contributed by atoms with van der Waals surface area (Å²) in [5.41, 5.74) is 0. The fourth-order valence-electron chi connectivity index (χ4n) is 4.52. The van der Waals surface area contributed by atoms with E-state index in [1.807, 2.05) is 0 Å². The Morgan fingerprint density at radius 2 is 0.667 bits per heavy atom. The maximum Gasteiger partial charge on any atom is 0.0782 e. The zero-order chi connectivity index (χ0) is 25.0. The number of carboxylic acid groups (broad SMARTS) is 1. The molecule has 0 spiro atoms. The summed E-state index contributed by atoms with van der Waals surface area (Å²) in [7, 11) is 4.88. The SMILES string of the molecule is CC(=O)[O-].CCCCCCCCCCCCCCCCCC[N+](C)(C)CCCCCCCC. The van der Waals surface area contributed by atoms with Crippen LogP contribution in [-0.2, 0) is 4.79 Å². The molecular formula is C30H63NO2. The quantitative estimate of drug-likeness (QED) is 0.105. The molecule has 0 N–H and O–H groups in total. The van der Waals surface area contributed by atoms with Crippen LogP contribution in [0.5, 0.6) is 0 Å². The van der Waals surface area contributed by atoms with E-state index in [-0.39, 0.29) is 0 Å². The monoisotopic (exact) mass is 469 g/mol. The second-order valence-electron chi connectivity index (χ2n) is 10.9. The first kappa shape index (κ1) is 34.6. The van der Waals surface area contributed by atoms with Gasteiger partial charge in [-0.15, -0.1) is 0 Å². The molecule has 200 valence electrons. The third kappa shape index (κ3) is 36.2. The molecule has 0 saturated heterocycles. The number of rotatable bonds is 24. The molecule has 0 bridgehead atoms. The molecule has 0 heterocycles. The minimum atomic E-state index is -1.08. The molecule has 0 unspecified atom stereocenters. The van der Waals surface area contributed by atoms with Crippen LogP contribution in [0, 0.1) is 0 Å². The molecule has 0 radical (unpaired) electrons. The minimum Gasteiger partial charge on any atom is -0.550 e. The van der Waals surface area contributed by atoms with Crippen molar-refractivity contribution in [2.24, 2.45) is 0 Å². The van der Waals surface area contributed by atoms with E-state index in [9.17, 15) is 0 Å². The Kier molecular flexibility index (Phi) is 29.0. The first-order chi connectivity index (χ1) is 15.9. The number of carbonyl (C=O) groups excluding carboxylic acids is 1. The third-order valence-electron chi connectivity index (χ3n) is 6.73. The predicted octanol–water partition coefficient (Wildman–Crippen LogP) is 8.44. The summed E-state index contributed by atoms with van der Waals surface area (Å²) in [6.07, 6.45) is 32.0. The highest BCUT2D eigenvalue weighted by Crippen LogP contribution is 2.14. The molecule has 0 atom stereocenters. The van der Waals surface area contributed by atoms with Crippen LogP contribution < -0.4 is 5.11 Å². The van der Waals surface area contributed by atoms with Crippen LogP contribution in [0.15, 0.2) is 0 Å². The average molecular weight is 470 g/mol. The Morgan fingerprint density at radius 1 is 0.485 bits per heavy atom. The van der Waals surface area contributed by atoms with Gasteiger partial charge in [0.1, 0.15) is 0 Å². The van der Waals surface area contributed by atoms with Gasteiger partial charge in [-0.2, -0.15) is 0 Å². The third-order valence-corrected chi connectivity index (χ3v) is 6.73. The number of aliphatic carboxylic acids is 1. The van der Waals surface area contributed by atoms with Crippen molar-refractivity contribution in [3.8, 4) is 0 Å². The zero-order valence-corrected chi connectivity index (χ0v) is 23.7. The number of carboxylic acids is 1. The Morgan fingerprint density at radius 3 is 0.879 bits per heavy atom. The van der Waals surface area contributed by atoms with E-state index < -0.39 is 5.97 Å². The highest BCUT2D eigenvalue weighted by atomic mass is 16.4. The van der Waals surface area contributed by atoms with Crippen LogP contribution in [0.25, 0.3) is 0 Å². The van der Waals surface area contributed by atoms with Crippen molar-refractivity contribution in [2.75, 3.05) is 27.2 Å². The van der Waals surface area contributed by atoms with Gasteiger partial charge in [-0.05, 0) is 32.6 Å². The number of quaternary nitrogens is 1. The Balaban J connectivity index is 0. The molecule has 0 aliphatic rings. The van der Waals surface area contributed by atoms with Crippen LogP contribution in [0.1, 0.15) is 162 Å². The lowest BCUT2D eigenvalue weighted by molar-refractivity contribution is -0.890. The smallest absolute Gasteiger partial charge is 0.0782 e. The van der Waals surface area contributed by atoms with Crippen molar-refractivity contribution in [3.05, 3.63) is 0 Å². The van der Waals surface area contributed by atoms with Crippen molar-refractivity contribution in [1.82, 2.24) is 0 Å². The highest BCUT2D eigenvalue weighted by molar-refractivity contribution is 5.60. The van der Waals surface area contributed by atoms with Crippen molar-refractivity contribution in [3.63, 3.8) is 0 Å². The van der Waals surface area contributed by atoms with E-state index in [1.54, 1.807) is 0 Å². The Labute approximate surface area is 209 Å². The molecule has 0 aromatic heterocycles.